The van der Waals surface area contributed by atoms with E-state index in [0.717, 1.165) is 11.0 Å². The Kier molecular flexibility index (Phi) is 3.46. The first-order valence-electron chi connectivity index (χ1n) is 4.63. The predicted octanol–water partition coefficient (Wildman–Crippen LogP) is 1.52. The van der Waals surface area contributed by atoms with Crippen LogP contribution in [0.3, 0.4) is 0 Å². The molecule has 0 saturated carbocycles. The lowest BCUT2D eigenvalue weighted by atomic mass is 10.1. The minimum absolute atomic E-state index is 0.410. The van der Waals surface area contributed by atoms with Gasteiger partial charge in [-0.2, -0.15) is 5.26 Å². The molecule has 1 amide bonds. The molecule has 84 valence electrons. The Bertz CT molecular complexity index is 434. The van der Waals surface area contributed by atoms with Crippen LogP contribution in [-0.2, 0) is 0 Å². The lowest BCUT2D eigenvalue weighted by Crippen LogP contribution is -2.34. The molecule has 5 heteroatoms. The Labute approximate surface area is 92.5 Å². The SMILES string of the molecule is CC(C#N)N(C)C(=O)c1c(O)cccc1F. The van der Waals surface area contributed by atoms with Crippen LogP contribution in [0.5, 0.6) is 5.75 Å². The van der Waals surface area contributed by atoms with Crippen molar-refractivity contribution >= 4 is 5.91 Å². The number of phenolic OH excluding ortho intramolecular Hbond substituents is 1. The highest BCUT2D eigenvalue weighted by atomic mass is 19.1. The zero-order valence-corrected chi connectivity index (χ0v) is 8.94. The fourth-order valence-corrected chi connectivity index (χ4v) is 1.16. The van der Waals surface area contributed by atoms with E-state index in [2.05, 4.69) is 0 Å². The fraction of sp³-hybridized carbons (Fsp3) is 0.273. The number of aromatic hydroxyl groups is 1. The van der Waals surface area contributed by atoms with Crippen LogP contribution in [0.25, 0.3) is 0 Å². The van der Waals surface area contributed by atoms with E-state index in [1.54, 1.807) is 0 Å². The summed E-state index contributed by atoms with van der Waals surface area (Å²) in [4.78, 5) is 12.8. The number of carbonyl (C=O) groups is 1. The third-order valence-corrected chi connectivity index (χ3v) is 2.29. The van der Waals surface area contributed by atoms with E-state index in [0.29, 0.717) is 0 Å². The maximum atomic E-state index is 13.3. The zero-order chi connectivity index (χ0) is 12.3. The molecule has 1 rings (SSSR count). The summed E-state index contributed by atoms with van der Waals surface area (Å²) in [5.74, 6) is -1.95. The molecule has 1 aromatic rings. The number of hydrogen-bond acceptors (Lipinski definition) is 3. The number of nitrogens with zero attached hydrogens (tertiary/aromatic N) is 2. The first-order chi connectivity index (χ1) is 7.49. The molecule has 4 nitrogen and oxygen atoms in total. The van der Waals surface area contributed by atoms with Crippen molar-refractivity contribution < 1.29 is 14.3 Å². The van der Waals surface area contributed by atoms with Gasteiger partial charge >= 0.3 is 0 Å². The van der Waals surface area contributed by atoms with Gasteiger partial charge in [0.1, 0.15) is 23.2 Å². The van der Waals surface area contributed by atoms with Crippen LogP contribution < -0.4 is 0 Å². The van der Waals surface area contributed by atoms with Gasteiger partial charge in [-0.05, 0) is 19.1 Å². The van der Waals surface area contributed by atoms with Gasteiger partial charge in [-0.15, -0.1) is 0 Å². The lowest BCUT2D eigenvalue weighted by molar-refractivity contribution is 0.0765. The number of nitriles is 1. The molecule has 1 N–H and O–H groups in total. The second-order valence-electron chi connectivity index (χ2n) is 3.36. The van der Waals surface area contributed by atoms with Crippen molar-refractivity contribution in [2.24, 2.45) is 0 Å². The maximum absolute atomic E-state index is 13.3. The van der Waals surface area contributed by atoms with Gasteiger partial charge < -0.3 is 10.0 Å². The summed E-state index contributed by atoms with van der Waals surface area (Å²) in [5, 5.41) is 18.0. The van der Waals surface area contributed by atoms with E-state index in [9.17, 15) is 14.3 Å². The van der Waals surface area contributed by atoms with Crippen LogP contribution in [-0.4, -0.2) is 29.0 Å². The maximum Gasteiger partial charge on any atom is 0.261 e. The Morgan fingerprint density at radius 3 is 2.75 bits per heavy atom. The highest BCUT2D eigenvalue weighted by molar-refractivity contribution is 5.97. The van der Waals surface area contributed by atoms with Gasteiger partial charge in [-0.25, -0.2) is 4.39 Å². The van der Waals surface area contributed by atoms with Crippen LogP contribution >= 0.6 is 0 Å². The third-order valence-electron chi connectivity index (χ3n) is 2.29. The molecule has 16 heavy (non-hydrogen) atoms. The van der Waals surface area contributed by atoms with E-state index >= 15 is 0 Å². The van der Waals surface area contributed by atoms with Gasteiger partial charge in [0.05, 0.1) is 6.07 Å². The van der Waals surface area contributed by atoms with Crippen molar-refractivity contribution in [1.29, 1.82) is 5.26 Å². The van der Waals surface area contributed by atoms with Gasteiger partial charge in [0.25, 0.3) is 5.91 Å². The molecule has 0 aliphatic carbocycles. The molecule has 0 spiro atoms. The van der Waals surface area contributed by atoms with Crippen molar-refractivity contribution in [3.8, 4) is 11.8 Å². The molecule has 0 aliphatic rings. The lowest BCUT2D eigenvalue weighted by Gasteiger charge is -2.20. The number of rotatable bonds is 2. The van der Waals surface area contributed by atoms with Gasteiger partial charge in [-0.3, -0.25) is 4.79 Å². The molecule has 1 atom stereocenters. The van der Waals surface area contributed by atoms with Crippen LogP contribution in [0.15, 0.2) is 18.2 Å². The normalized spacial score (nSPS) is 11.6. The highest BCUT2D eigenvalue weighted by Gasteiger charge is 2.23. The summed E-state index contributed by atoms with van der Waals surface area (Å²) in [7, 11) is 1.38. The van der Waals surface area contributed by atoms with Crippen molar-refractivity contribution in [3.63, 3.8) is 0 Å². The largest absolute Gasteiger partial charge is 0.507 e. The molecular formula is C11H11FN2O2. The molecule has 0 aromatic heterocycles. The number of carbonyl (C=O) groups excluding carboxylic acids is 1. The molecule has 0 heterocycles. The summed E-state index contributed by atoms with van der Waals surface area (Å²) < 4.78 is 13.3. The van der Waals surface area contributed by atoms with E-state index in [1.807, 2.05) is 6.07 Å². The molecule has 1 unspecified atom stereocenters. The zero-order valence-electron chi connectivity index (χ0n) is 8.94. The summed E-state index contributed by atoms with van der Waals surface area (Å²) in [6.45, 7) is 1.51. The minimum atomic E-state index is -0.804. The first kappa shape index (κ1) is 12.0. The molecular weight excluding hydrogens is 211 g/mol. The molecule has 0 saturated heterocycles. The van der Waals surface area contributed by atoms with Crippen LogP contribution in [0.4, 0.5) is 4.39 Å². The second-order valence-corrected chi connectivity index (χ2v) is 3.36. The van der Waals surface area contributed by atoms with Gasteiger partial charge in [-0.1, -0.05) is 6.07 Å². The van der Waals surface area contributed by atoms with Crippen molar-refractivity contribution in [2.45, 2.75) is 13.0 Å². The van der Waals surface area contributed by atoms with Gasteiger partial charge in [0.2, 0.25) is 0 Å². The summed E-state index contributed by atoms with van der Waals surface area (Å²) in [6, 6.07) is 4.77. The van der Waals surface area contributed by atoms with E-state index in [1.165, 1.54) is 26.1 Å². The van der Waals surface area contributed by atoms with Crippen molar-refractivity contribution in [3.05, 3.63) is 29.6 Å². The quantitative estimate of drug-likeness (QED) is 0.825. The van der Waals surface area contributed by atoms with E-state index < -0.39 is 29.1 Å². The number of halogens is 1. The molecule has 0 aliphatic heterocycles. The van der Waals surface area contributed by atoms with Crippen LogP contribution in [0, 0.1) is 17.1 Å². The summed E-state index contributed by atoms with van der Waals surface area (Å²) in [5.41, 5.74) is -0.410. The molecule has 0 bridgehead atoms. The topological polar surface area (TPSA) is 64.3 Å². The monoisotopic (exact) mass is 222 g/mol. The Morgan fingerprint density at radius 2 is 2.25 bits per heavy atom. The average Bonchev–Trinajstić information content (AvgIpc) is 2.26. The molecule has 1 aromatic carbocycles. The van der Waals surface area contributed by atoms with Crippen LogP contribution in [0.2, 0.25) is 0 Å². The minimum Gasteiger partial charge on any atom is -0.507 e. The summed E-state index contributed by atoms with van der Waals surface area (Å²) in [6.07, 6.45) is 0. The number of hydrogen-bond donors (Lipinski definition) is 1. The summed E-state index contributed by atoms with van der Waals surface area (Å²) >= 11 is 0. The molecule has 0 fully saturated rings. The van der Waals surface area contributed by atoms with Gasteiger partial charge in [0, 0.05) is 7.05 Å². The number of benzene rings is 1. The Balaban J connectivity index is 3.11. The highest BCUT2D eigenvalue weighted by Crippen LogP contribution is 2.21. The van der Waals surface area contributed by atoms with E-state index in [4.69, 9.17) is 5.26 Å². The number of amides is 1. The fourth-order valence-electron chi connectivity index (χ4n) is 1.16. The van der Waals surface area contributed by atoms with Gasteiger partial charge in [0.15, 0.2) is 0 Å². The predicted molar refractivity (Wildman–Crippen MR) is 55.2 cm³/mol. The smallest absolute Gasteiger partial charge is 0.261 e. The van der Waals surface area contributed by atoms with Crippen molar-refractivity contribution in [1.82, 2.24) is 4.90 Å². The third kappa shape index (κ3) is 2.11. The van der Waals surface area contributed by atoms with Crippen molar-refractivity contribution in [2.75, 3.05) is 7.05 Å². The average molecular weight is 222 g/mol. The second kappa shape index (κ2) is 4.62. The van der Waals surface area contributed by atoms with Crippen LogP contribution in [0.1, 0.15) is 17.3 Å². The standard InChI is InChI=1S/C11H11FN2O2/c1-7(6-13)14(2)11(16)10-8(12)4-3-5-9(10)15/h3-5,7,15H,1-2H3. The first-order valence-corrected chi connectivity index (χ1v) is 4.63. The Morgan fingerprint density at radius 1 is 1.62 bits per heavy atom. The number of phenols is 1. The van der Waals surface area contributed by atoms with E-state index in [-0.39, 0.29) is 0 Å². The Hall–Kier alpha value is -2.09. The molecule has 0 radical (unpaired) electrons.